The molecule has 0 spiro atoms. The van der Waals surface area contributed by atoms with Crippen LogP contribution < -0.4 is 24.3 Å². The van der Waals surface area contributed by atoms with Crippen molar-refractivity contribution in [1.29, 1.82) is 0 Å². The largest absolute Gasteiger partial charge is 0.490 e. The fourth-order valence-electron chi connectivity index (χ4n) is 4.20. The van der Waals surface area contributed by atoms with E-state index in [4.69, 9.17) is 14.2 Å². The second-order valence-corrected chi connectivity index (χ2v) is 9.86. The summed E-state index contributed by atoms with van der Waals surface area (Å²) in [7, 11) is 0. The molecule has 0 unspecified atom stereocenters. The van der Waals surface area contributed by atoms with E-state index in [2.05, 4.69) is 31.0 Å². The van der Waals surface area contributed by atoms with Gasteiger partial charge < -0.3 is 14.2 Å². The van der Waals surface area contributed by atoms with Gasteiger partial charge >= 0.3 is 0 Å². The summed E-state index contributed by atoms with van der Waals surface area (Å²) in [4.78, 5) is 18.4. The second-order valence-electron chi connectivity index (χ2n) is 8.85. The van der Waals surface area contributed by atoms with Gasteiger partial charge in [-0.2, -0.15) is 0 Å². The number of imidazole rings is 1. The van der Waals surface area contributed by atoms with E-state index in [-0.39, 0.29) is 5.56 Å². The van der Waals surface area contributed by atoms with Crippen LogP contribution in [0.4, 0.5) is 0 Å². The summed E-state index contributed by atoms with van der Waals surface area (Å²) in [5.74, 6) is 2.65. The van der Waals surface area contributed by atoms with E-state index in [9.17, 15) is 4.79 Å². The molecule has 0 fully saturated rings. The third-order valence-electron chi connectivity index (χ3n) is 6.38. The quantitative estimate of drug-likeness (QED) is 0.220. The van der Waals surface area contributed by atoms with Crippen molar-refractivity contribution in [3.8, 4) is 17.2 Å². The van der Waals surface area contributed by atoms with Crippen molar-refractivity contribution in [3.05, 3.63) is 92.7 Å². The van der Waals surface area contributed by atoms with Gasteiger partial charge in [0, 0.05) is 0 Å². The van der Waals surface area contributed by atoms with E-state index < -0.39 is 0 Å². The summed E-state index contributed by atoms with van der Waals surface area (Å²) in [5, 5.41) is 0. The Hall–Kier alpha value is -3.84. The first kappa shape index (κ1) is 24.8. The van der Waals surface area contributed by atoms with Crippen molar-refractivity contribution >= 4 is 33.4 Å². The van der Waals surface area contributed by atoms with E-state index in [1.165, 1.54) is 16.9 Å². The third-order valence-corrected chi connectivity index (χ3v) is 7.35. The van der Waals surface area contributed by atoms with Gasteiger partial charge in [0.05, 0.1) is 22.2 Å². The minimum absolute atomic E-state index is 0.0682. The minimum atomic E-state index is -0.0682. The first-order chi connectivity index (χ1) is 18.1. The van der Waals surface area contributed by atoms with Crippen molar-refractivity contribution < 1.29 is 14.2 Å². The molecule has 0 saturated carbocycles. The van der Waals surface area contributed by atoms with Crippen LogP contribution in [0.5, 0.6) is 17.2 Å². The summed E-state index contributed by atoms with van der Waals surface area (Å²) in [6, 6.07) is 21.6. The number of aromatic nitrogens is 2. The lowest BCUT2D eigenvalue weighted by molar-refractivity contribution is 0.208. The Morgan fingerprint density at radius 2 is 1.73 bits per heavy atom. The molecule has 0 saturated heterocycles. The van der Waals surface area contributed by atoms with Crippen molar-refractivity contribution in [2.75, 3.05) is 19.8 Å². The number of fused-ring (bicyclic) bond motifs is 3. The van der Waals surface area contributed by atoms with E-state index in [0.717, 1.165) is 28.8 Å². The van der Waals surface area contributed by atoms with Crippen LogP contribution in [0.15, 0.2) is 71.5 Å². The molecule has 1 atom stereocenters. The maximum atomic E-state index is 13.1. The molecular weight excluding hydrogens is 484 g/mol. The maximum absolute atomic E-state index is 13.1. The highest BCUT2D eigenvalue weighted by molar-refractivity contribution is 7.15. The van der Waals surface area contributed by atoms with E-state index >= 15 is 0 Å². The standard InChI is InChI=1S/C30H30N2O4S/c1-4-20(3)22-11-13-23(14-12-22)35-16-17-36-26-15-10-21(18-27(26)34-5-2)19-28-29(33)32-25-9-7-6-8-24(25)31-30(32)37-28/h6-15,18-20H,4-5,16-17H2,1-3H3/b28-19+/t20-/m0/s1. The van der Waals surface area contributed by atoms with Crippen LogP contribution in [0, 0.1) is 0 Å². The van der Waals surface area contributed by atoms with Gasteiger partial charge in [-0.3, -0.25) is 4.79 Å². The number of ether oxygens (including phenoxy) is 3. The highest BCUT2D eigenvalue weighted by Gasteiger charge is 2.12. The third kappa shape index (κ3) is 5.32. The molecule has 0 radical (unpaired) electrons. The molecular formula is C30H30N2O4S. The molecule has 0 amide bonds. The Morgan fingerprint density at radius 1 is 0.946 bits per heavy atom. The fourth-order valence-corrected chi connectivity index (χ4v) is 5.19. The van der Waals surface area contributed by atoms with Crippen LogP contribution in [0.1, 0.15) is 44.2 Å². The molecule has 190 valence electrons. The Kier molecular flexibility index (Phi) is 7.42. The van der Waals surface area contributed by atoms with E-state index in [1.807, 2.05) is 67.6 Å². The van der Waals surface area contributed by atoms with Crippen LogP contribution in [0.25, 0.3) is 22.1 Å². The topological polar surface area (TPSA) is 62.1 Å². The van der Waals surface area contributed by atoms with E-state index in [1.54, 1.807) is 4.40 Å². The highest BCUT2D eigenvalue weighted by Crippen LogP contribution is 2.29. The van der Waals surface area contributed by atoms with Gasteiger partial charge in [-0.1, -0.05) is 55.5 Å². The van der Waals surface area contributed by atoms with Gasteiger partial charge in [-0.05, 0) is 72.9 Å². The lowest BCUT2D eigenvalue weighted by Gasteiger charge is -2.14. The zero-order valence-electron chi connectivity index (χ0n) is 21.3. The number of nitrogens with zero attached hydrogens (tertiary/aromatic N) is 2. The highest BCUT2D eigenvalue weighted by atomic mass is 32.1. The molecule has 5 aromatic rings. The van der Waals surface area contributed by atoms with Crippen LogP contribution in [0.2, 0.25) is 0 Å². The summed E-state index contributed by atoms with van der Waals surface area (Å²) < 4.78 is 19.9. The number of hydrogen-bond donors (Lipinski definition) is 0. The number of hydrogen-bond acceptors (Lipinski definition) is 6. The monoisotopic (exact) mass is 514 g/mol. The molecule has 37 heavy (non-hydrogen) atoms. The molecule has 0 N–H and O–H groups in total. The normalized spacial score (nSPS) is 12.8. The Balaban J connectivity index is 1.29. The minimum Gasteiger partial charge on any atom is -0.490 e. The molecule has 0 aliphatic heterocycles. The number of para-hydroxylation sites is 2. The lowest BCUT2D eigenvalue weighted by Crippen LogP contribution is -2.22. The summed E-state index contributed by atoms with van der Waals surface area (Å²) in [5.41, 5.74) is 3.76. The van der Waals surface area contributed by atoms with E-state index in [0.29, 0.717) is 46.7 Å². The summed E-state index contributed by atoms with van der Waals surface area (Å²) >= 11 is 1.38. The molecule has 5 rings (SSSR count). The number of rotatable bonds is 10. The molecule has 0 aliphatic rings. The summed E-state index contributed by atoms with van der Waals surface area (Å²) in [6.07, 6.45) is 2.98. The van der Waals surface area contributed by atoms with Gasteiger partial charge in [0.25, 0.3) is 5.56 Å². The first-order valence-electron chi connectivity index (χ1n) is 12.6. The molecule has 3 aromatic carbocycles. The molecule has 7 heteroatoms. The lowest BCUT2D eigenvalue weighted by atomic mass is 9.99. The van der Waals surface area contributed by atoms with Crippen LogP contribution in [-0.2, 0) is 0 Å². The molecule has 0 bridgehead atoms. The molecule has 2 heterocycles. The predicted octanol–water partition coefficient (Wildman–Crippen LogP) is 5.83. The average Bonchev–Trinajstić information content (AvgIpc) is 3.43. The van der Waals surface area contributed by atoms with Crippen molar-refractivity contribution in [3.63, 3.8) is 0 Å². The first-order valence-corrected chi connectivity index (χ1v) is 13.4. The predicted molar refractivity (Wildman–Crippen MR) is 149 cm³/mol. The Bertz CT molecular complexity index is 1620. The SMILES string of the molecule is CCOc1cc(/C=c2/sc3nc4ccccc4n3c2=O)ccc1OCCOc1ccc([C@@H](C)CC)cc1. The second kappa shape index (κ2) is 11.0. The Labute approximate surface area is 219 Å². The van der Waals surface area contributed by atoms with Gasteiger partial charge in [0.15, 0.2) is 16.5 Å². The van der Waals surface area contributed by atoms with Crippen LogP contribution in [0.3, 0.4) is 0 Å². The van der Waals surface area contributed by atoms with Gasteiger partial charge in [-0.15, -0.1) is 0 Å². The zero-order valence-corrected chi connectivity index (χ0v) is 22.1. The van der Waals surface area contributed by atoms with Crippen LogP contribution >= 0.6 is 11.3 Å². The number of thiazole rings is 1. The average molecular weight is 515 g/mol. The summed E-state index contributed by atoms with van der Waals surface area (Å²) in [6.45, 7) is 7.66. The molecule has 6 nitrogen and oxygen atoms in total. The van der Waals surface area contributed by atoms with Gasteiger partial charge in [-0.25, -0.2) is 9.38 Å². The van der Waals surface area contributed by atoms with Crippen molar-refractivity contribution in [2.45, 2.75) is 33.1 Å². The fraction of sp³-hybridized carbons (Fsp3) is 0.267. The molecule has 2 aromatic heterocycles. The van der Waals surface area contributed by atoms with Gasteiger partial charge in [0.2, 0.25) is 0 Å². The maximum Gasteiger partial charge on any atom is 0.274 e. The Morgan fingerprint density at radius 3 is 2.51 bits per heavy atom. The van der Waals surface area contributed by atoms with Crippen molar-refractivity contribution in [2.24, 2.45) is 0 Å². The number of benzene rings is 3. The zero-order chi connectivity index (χ0) is 25.8. The van der Waals surface area contributed by atoms with Gasteiger partial charge in [0.1, 0.15) is 19.0 Å². The molecule has 0 aliphatic carbocycles. The smallest absolute Gasteiger partial charge is 0.274 e. The van der Waals surface area contributed by atoms with Crippen LogP contribution in [-0.4, -0.2) is 29.2 Å². The van der Waals surface area contributed by atoms with Crippen molar-refractivity contribution in [1.82, 2.24) is 9.38 Å².